The zero-order valence-corrected chi connectivity index (χ0v) is 10.5. The molecule has 0 amide bonds. The van der Waals surface area contributed by atoms with Crippen molar-refractivity contribution < 1.29 is 14.3 Å². The molecular formula is C14H22O3. The Balaban J connectivity index is 1.92. The van der Waals surface area contributed by atoms with Crippen molar-refractivity contribution in [1.29, 1.82) is 0 Å². The normalized spacial score (nSPS) is 21.3. The Morgan fingerprint density at radius 1 is 1.41 bits per heavy atom. The Morgan fingerprint density at radius 3 is 2.76 bits per heavy atom. The summed E-state index contributed by atoms with van der Waals surface area (Å²) in [5.74, 6) is 1.33. The van der Waals surface area contributed by atoms with Crippen LogP contribution >= 0.6 is 0 Å². The lowest BCUT2D eigenvalue weighted by molar-refractivity contribution is -0.0551. The summed E-state index contributed by atoms with van der Waals surface area (Å²) < 4.78 is 10.8. The zero-order chi connectivity index (χ0) is 12.1. The third-order valence-electron chi connectivity index (χ3n) is 3.76. The molecular weight excluding hydrogens is 216 g/mol. The van der Waals surface area contributed by atoms with E-state index in [9.17, 15) is 5.11 Å². The number of aliphatic hydroxyl groups is 1. The third-order valence-corrected chi connectivity index (χ3v) is 3.76. The molecule has 1 aliphatic carbocycles. The second-order valence-corrected chi connectivity index (χ2v) is 4.95. The first-order chi connectivity index (χ1) is 8.31. The van der Waals surface area contributed by atoms with Gasteiger partial charge in [0, 0.05) is 13.5 Å². The molecule has 1 fully saturated rings. The second-order valence-electron chi connectivity index (χ2n) is 4.95. The largest absolute Gasteiger partial charge is 0.469 e. The molecule has 17 heavy (non-hydrogen) atoms. The van der Waals surface area contributed by atoms with Gasteiger partial charge in [-0.1, -0.05) is 19.3 Å². The van der Waals surface area contributed by atoms with Crippen LogP contribution in [0.4, 0.5) is 0 Å². The SMILES string of the molecule is COC(C(O)Cc1ccco1)C1CCCCC1. The van der Waals surface area contributed by atoms with Crippen molar-refractivity contribution in [1.82, 2.24) is 0 Å². The molecule has 0 aromatic carbocycles. The number of methoxy groups -OCH3 is 1. The van der Waals surface area contributed by atoms with Crippen molar-refractivity contribution in [2.45, 2.75) is 50.7 Å². The van der Waals surface area contributed by atoms with Gasteiger partial charge in [0.1, 0.15) is 5.76 Å². The van der Waals surface area contributed by atoms with E-state index in [4.69, 9.17) is 9.15 Å². The van der Waals surface area contributed by atoms with Gasteiger partial charge in [0.25, 0.3) is 0 Å². The van der Waals surface area contributed by atoms with E-state index in [1.807, 2.05) is 12.1 Å². The molecule has 2 rings (SSSR count). The van der Waals surface area contributed by atoms with Gasteiger partial charge >= 0.3 is 0 Å². The van der Waals surface area contributed by atoms with Gasteiger partial charge in [0.05, 0.1) is 18.5 Å². The maximum Gasteiger partial charge on any atom is 0.106 e. The summed E-state index contributed by atoms with van der Waals surface area (Å²) in [6, 6.07) is 3.75. The van der Waals surface area contributed by atoms with E-state index >= 15 is 0 Å². The third kappa shape index (κ3) is 3.33. The van der Waals surface area contributed by atoms with Crippen molar-refractivity contribution >= 4 is 0 Å². The van der Waals surface area contributed by atoms with Crippen LogP contribution in [0.15, 0.2) is 22.8 Å². The molecule has 1 aliphatic rings. The van der Waals surface area contributed by atoms with Gasteiger partial charge < -0.3 is 14.3 Å². The van der Waals surface area contributed by atoms with Crippen LogP contribution in [0.2, 0.25) is 0 Å². The van der Waals surface area contributed by atoms with Crippen LogP contribution < -0.4 is 0 Å². The molecule has 96 valence electrons. The summed E-state index contributed by atoms with van der Waals surface area (Å²) in [7, 11) is 1.70. The fourth-order valence-electron chi connectivity index (χ4n) is 2.88. The van der Waals surface area contributed by atoms with E-state index in [0.717, 1.165) is 5.76 Å². The Kier molecular flexibility index (Phi) is 4.63. The molecule has 0 aliphatic heterocycles. The number of hydrogen-bond acceptors (Lipinski definition) is 3. The Hall–Kier alpha value is -0.800. The number of ether oxygens (including phenoxy) is 1. The van der Waals surface area contributed by atoms with Crippen molar-refractivity contribution in [3.05, 3.63) is 24.2 Å². The predicted molar refractivity (Wildman–Crippen MR) is 65.8 cm³/mol. The average molecular weight is 238 g/mol. The Morgan fingerprint density at radius 2 is 2.18 bits per heavy atom. The van der Waals surface area contributed by atoms with Gasteiger partial charge in [0.2, 0.25) is 0 Å². The van der Waals surface area contributed by atoms with Crippen LogP contribution in [0.1, 0.15) is 37.9 Å². The molecule has 1 aromatic heterocycles. The molecule has 3 heteroatoms. The first kappa shape index (κ1) is 12.7. The molecule has 1 aromatic rings. The molecule has 2 atom stereocenters. The number of hydrogen-bond donors (Lipinski definition) is 1. The monoisotopic (exact) mass is 238 g/mol. The minimum absolute atomic E-state index is 0.0552. The van der Waals surface area contributed by atoms with Crippen LogP contribution in [-0.2, 0) is 11.2 Å². The zero-order valence-electron chi connectivity index (χ0n) is 10.5. The van der Waals surface area contributed by atoms with Crippen molar-refractivity contribution in [3.63, 3.8) is 0 Å². The lowest BCUT2D eigenvalue weighted by Crippen LogP contribution is -2.37. The topological polar surface area (TPSA) is 42.6 Å². The summed E-state index contributed by atoms with van der Waals surface area (Å²) in [6.45, 7) is 0. The van der Waals surface area contributed by atoms with Crippen LogP contribution in [0.5, 0.6) is 0 Å². The van der Waals surface area contributed by atoms with Crippen molar-refractivity contribution in [2.75, 3.05) is 7.11 Å². The van der Waals surface area contributed by atoms with Gasteiger partial charge in [0.15, 0.2) is 0 Å². The predicted octanol–water partition coefficient (Wildman–Crippen LogP) is 2.78. The standard InChI is InChI=1S/C14H22O3/c1-16-14(11-6-3-2-4-7-11)13(15)10-12-8-5-9-17-12/h5,8-9,11,13-15H,2-4,6-7,10H2,1H3. The van der Waals surface area contributed by atoms with Gasteiger partial charge in [-0.15, -0.1) is 0 Å². The summed E-state index contributed by atoms with van der Waals surface area (Å²) in [6.07, 6.45) is 7.86. The van der Waals surface area contributed by atoms with Gasteiger partial charge in [-0.05, 0) is 30.9 Å². The highest BCUT2D eigenvalue weighted by Crippen LogP contribution is 2.30. The molecule has 0 bridgehead atoms. The number of aliphatic hydroxyl groups excluding tert-OH is 1. The molecule has 1 saturated carbocycles. The van der Waals surface area contributed by atoms with Crippen molar-refractivity contribution in [3.8, 4) is 0 Å². The smallest absolute Gasteiger partial charge is 0.106 e. The summed E-state index contributed by atoms with van der Waals surface area (Å²) in [5.41, 5.74) is 0. The van der Waals surface area contributed by atoms with E-state index in [0.29, 0.717) is 12.3 Å². The summed E-state index contributed by atoms with van der Waals surface area (Å²) in [5, 5.41) is 10.2. The minimum atomic E-state index is -0.464. The Labute approximate surface area is 103 Å². The van der Waals surface area contributed by atoms with Gasteiger partial charge in [-0.3, -0.25) is 0 Å². The highest BCUT2D eigenvalue weighted by atomic mass is 16.5. The minimum Gasteiger partial charge on any atom is -0.469 e. The maximum absolute atomic E-state index is 10.2. The molecule has 3 nitrogen and oxygen atoms in total. The lowest BCUT2D eigenvalue weighted by atomic mass is 9.82. The van der Waals surface area contributed by atoms with E-state index in [-0.39, 0.29) is 6.10 Å². The van der Waals surface area contributed by atoms with Crippen molar-refractivity contribution in [2.24, 2.45) is 5.92 Å². The van der Waals surface area contributed by atoms with E-state index in [2.05, 4.69) is 0 Å². The van der Waals surface area contributed by atoms with Gasteiger partial charge in [-0.25, -0.2) is 0 Å². The molecule has 0 spiro atoms. The van der Waals surface area contributed by atoms with E-state index in [1.54, 1.807) is 13.4 Å². The molecule has 0 saturated heterocycles. The van der Waals surface area contributed by atoms with Crippen LogP contribution in [-0.4, -0.2) is 24.4 Å². The first-order valence-electron chi connectivity index (χ1n) is 6.54. The summed E-state index contributed by atoms with van der Waals surface area (Å²) in [4.78, 5) is 0. The van der Waals surface area contributed by atoms with Crippen LogP contribution in [0.25, 0.3) is 0 Å². The molecule has 1 heterocycles. The highest BCUT2D eigenvalue weighted by molar-refractivity contribution is 5.00. The fourth-order valence-corrected chi connectivity index (χ4v) is 2.88. The molecule has 2 unspecified atom stereocenters. The molecule has 1 N–H and O–H groups in total. The van der Waals surface area contributed by atoms with E-state index < -0.39 is 6.10 Å². The van der Waals surface area contributed by atoms with Gasteiger partial charge in [-0.2, -0.15) is 0 Å². The number of furan rings is 1. The fraction of sp³-hybridized carbons (Fsp3) is 0.714. The first-order valence-corrected chi connectivity index (χ1v) is 6.54. The van der Waals surface area contributed by atoms with Crippen LogP contribution in [0.3, 0.4) is 0 Å². The lowest BCUT2D eigenvalue weighted by Gasteiger charge is -2.32. The average Bonchev–Trinajstić information content (AvgIpc) is 2.84. The maximum atomic E-state index is 10.2. The van der Waals surface area contributed by atoms with E-state index in [1.165, 1.54) is 32.1 Å². The Bertz CT molecular complexity index is 301. The highest BCUT2D eigenvalue weighted by Gasteiger charge is 2.29. The second kappa shape index (κ2) is 6.22. The molecule has 0 radical (unpaired) electrons. The quantitative estimate of drug-likeness (QED) is 0.857. The number of rotatable bonds is 5. The van der Waals surface area contributed by atoms with Crippen LogP contribution in [0, 0.1) is 5.92 Å². The summed E-state index contributed by atoms with van der Waals surface area (Å²) >= 11 is 0.